The van der Waals surface area contributed by atoms with Gasteiger partial charge >= 0.3 is 0 Å². The summed E-state index contributed by atoms with van der Waals surface area (Å²) in [6, 6.07) is 0. The van der Waals surface area contributed by atoms with E-state index in [1.165, 1.54) is 48.8 Å². The quantitative estimate of drug-likeness (QED) is 0.412. The summed E-state index contributed by atoms with van der Waals surface area (Å²) in [5.74, 6) is 0. The molecule has 1 heteroatoms. The Bertz CT molecular complexity index is 709. The SMILES string of the molecule is CCCCCC1=C(C(C)(C)C)C=C([SiH2]c2c(C)c(C)c(C)c(C)c2C)C1. The Hall–Kier alpha value is -1.08. The van der Waals surface area contributed by atoms with Gasteiger partial charge in [0.1, 0.15) is 0 Å². The first-order valence-electron chi connectivity index (χ1n) is 10.6. The van der Waals surface area contributed by atoms with E-state index in [0.29, 0.717) is 0 Å². The van der Waals surface area contributed by atoms with Crippen LogP contribution in [0.1, 0.15) is 87.6 Å². The van der Waals surface area contributed by atoms with Gasteiger partial charge in [0.25, 0.3) is 0 Å². The second kappa shape index (κ2) is 8.29. The molecule has 1 aromatic rings. The maximum atomic E-state index is 2.61. The van der Waals surface area contributed by atoms with Gasteiger partial charge in [0.2, 0.25) is 0 Å². The summed E-state index contributed by atoms with van der Waals surface area (Å²) in [5.41, 5.74) is 11.3. The molecule has 0 atom stereocenters. The van der Waals surface area contributed by atoms with Gasteiger partial charge < -0.3 is 0 Å². The maximum Gasteiger partial charge on any atom is 0.0835 e. The predicted octanol–water partition coefficient (Wildman–Crippen LogP) is 6.23. The Morgan fingerprint density at radius 1 is 0.846 bits per heavy atom. The van der Waals surface area contributed by atoms with Gasteiger partial charge in [-0.2, -0.15) is 0 Å². The molecule has 0 aliphatic heterocycles. The molecule has 0 fully saturated rings. The van der Waals surface area contributed by atoms with Gasteiger partial charge in [-0.15, -0.1) is 0 Å². The van der Waals surface area contributed by atoms with E-state index in [4.69, 9.17) is 0 Å². The zero-order chi connectivity index (χ0) is 19.6. The van der Waals surface area contributed by atoms with Crippen molar-refractivity contribution in [3.05, 3.63) is 50.2 Å². The summed E-state index contributed by atoms with van der Waals surface area (Å²) in [6.07, 6.45) is 9.20. The second-order valence-corrected chi connectivity index (χ2v) is 11.5. The van der Waals surface area contributed by atoms with Crippen LogP contribution in [0.2, 0.25) is 0 Å². The summed E-state index contributed by atoms with van der Waals surface area (Å²) in [7, 11) is -0.382. The van der Waals surface area contributed by atoms with Crippen LogP contribution in [0, 0.1) is 40.0 Å². The van der Waals surface area contributed by atoms with Gasteiger partial charge in [0.15, 0.2) is 0 Å². The van der Waals surface area contributed by atoms with Crippen molar-refractivity contribution in [3.8, 4) is 0 Å². The highest BCUT2D eigenvalue weighted by atomic mass is 28.2. The van der Waals surface area contributed by atoms with Crippen LogP contribution in [0.25, 0.3) is 0 Å². The molecule has 0 heterocycles. The van der Waals surface area contributed by atoms with E-state index in [1.807, 2.05) is 0 Å². The lowest BCUT2D eigenvalue weighted by Crippen LogP contribution is -2.25. The van der Waals surface area contributed by atoms with E-state index in [1.54, 1.807) is 32.7 Å². The third-order valence-corrected chi connectivity index (χ3v) is 8.94. The van der Waals surface area contributed by atoms with Crippen molar-refractivity contribution in [1.29, 1.82) is 0 Å². The van der Waals surface area contributed by atoms with Crippen LogP contribution in [0.3, 0.4) is 0 Å². The molecule has 26 heavy (non-hydrogen) atoms. The minimum Gasteiger partial charge on any atom is -0.0783 e. The highest BCUT2D eigenvalue weighted by Crippen LogP contribution is 2.39. The van der Waals surface area contributed by atoms with Crippen molar-refractivity contribution in [2.24, 2.45) is 5.41 Å². The normalized spacial score (nSPS) is 15.5. The van der Waals surface area contributed by atoms with Crippen LogP contribution in [0.4, 0.5) is 0 Å². The summed E-state index contributed by atoms with van der Waals surface area (Å²) in [6.45, 7) is 21.1. The van der Waals surface area contributed by atoms with E-state index < -0.39 is 0 Å². The number of unbranched alkanes of at least 4 members (excludes halogenated alkanes) is 2. The van der Waals surface area contributed by atoms with Gasteiger partial charge in [-0.1, -0.05) is 62.6 Å². The fourth-order valence-corrected chi connectivity index (χ4v) is 6.72. The Kier molecular flexibility index (Phi) is 6.77. The molecule has 1 aromatic carbocycles. The fourth-order valence-electron chi connectivity index (χ4n) is 4.47. The lowest BCUT2D eigenvalue weighted by Gasteiger charge is -2.21. The average Bonchev–Trinajstić information content (AvgIpc) is 2.99. The fraction of sp³-hybridized carbons (Fsp3) is 0.600. The highest BCUT2D eigenvalue weighted by molar-refractivity contribution is 6.62. The zero-order valence-corrected chi connectivity index (χ0v) is 20.2. The molecule has 0 saturated heterocycles. The first-order chi connectivity index (χ1) is 12.1. The number of allylic oxidation sites excluding steroid dienone is 4. The molecule has 1 aliphatic carbocycles. The van der Waals surface area contributed by atoms with Gasteiger partial charge in [-0.3, -0.25) is 0 Å². The van der Waals surface area contributed by atoms with Crippen molar-refractivity contribution in [2.45, 2.75) is 94.4 Å². The molecule has 0 aromatic heterocycles. The van der Waals surface area contributed by atoms with Crippen LogP contribution >= 0.6 is 0 Å². The Labute approximate surface area is 165 Å². The summed E-state index contributed by atoms with van der Waals surface area (Å²) >= 11 is 0. The van der Waals surface area contributed by atoms with Crippen LogP contribution in [-0.2, 0) is 0 Å². The third kappa shape index (κ3) is 4.42. The first-order valence-corrected chi connectivity index (χ1v) is 12.0. The lowest BCUT2D eigenvalue weighted by molar-refractivity contribution is 0.509. The minimum atomic E-state index is -0.382. The van der Waals surface area contributed by atoms with Crippen molar-refractivity contribution in [3.63, 3.8) is 0 Å². The minimum absolute atomic E-state index is 0.279. The molecule has 0 unspecified atom stereocenters. The topological polar surface area (TPSA) is 0 Å². The largest absolute Gasteiger partial charge is 0.0835 e. The van der Waals surface area contributed by atoms with E-state index in [9.17, 15) is 0 Å². The molecule has 0 nitrogen and oxygen atoms in total. The average molecular weight is 369 g/mol. The number of rotatable bonds is 6. The molecular formula is C25H40Si. The Balaban J connectivity index is 2.30. The van der Waals surface area contributed by atoms with Crippen LogP contribution in [-0.4, -0.2) is 9.52 Å². The summed E-state index contributed by atoms with van der Waals surface area (Å²) in [5, 5.41) is 3.47. The zero-order valence-electron chi connectivity index (χ0n) is 18.8. The standard InChI is InChI=1S/C25H40Si/c1-10-11-12-13-21-14-22(15-23(21)25(7,8)9)26-24-19(5)17(3)16(2)18(4)20(24)6/h15H,10-14,26H2,1-9H3. The summed E-state index contributed by atoms with van der Waals surface area (Å²) < 4.78 is 0. The van der Waals surface area contributed by atoms with Crippen molar-refractivity contribution >= 4 is 14.7 Å². The first kappa shape index (κ1) is 21.2. The van der Waals surface area contributed by atoms with Gasteiger partial charge in [0, 0.05) is 0 Å². The monoisotopic (exact) mass is 368 g/mol. The van der Waals surface area contributed by atoms with Gasteiger partial charge in [-0.25, -0.2) is 0 Å². The third-order valence-electron chi connectivity index (χ3n) is 6.62. The number of hydrogen-bond donors (Lipinski definition) is 0. The van der Waals surface area contributed by atoms with Crippen LogP contribution < -0.4 is 5.19 Å². The van der Waals surface area contributed by atoms with E-state index in [-0.39, 0.29) is 14.9 Å². The molecule has 0 bridgehead atoms. The van der Waals surface area contributed by atoms with Gasteiger partial charge in [0.05, 0.1) is 9.52 Å². The smallest absolute Gasteiger partial charge is 0.0783 e. The Morgan fingerprint density at radius 2 is 1.38 bits per heavy atom. The molecule has 0 amide bonds. The molecule has 2 rings (SSSR count). The van der Waals surface area contributed by atoms with E-state index in [2.05, 4.69) is 68.4 Å². The maximum absolute atomic E-state index is 2.61. The van der Waals surface area contributed by atoms with Crippen molar-refractivity contribution < 1.29 is 0 Å². The summed E-state index contributed by atoms with van der Waals surface area (Å²) in [4.78, 5) is 0. The molecule has 0 spiro atoms. The lowest BCUT2D eigenvalue weighted by atomic mass is 9.83. The highest BCUT2D eigenvalue weighted by Gasteiger charge is 2.25. The van der Waals surface area contributed by atoms with Crippen molar-refractivity contribution in [1.82, 2.24) is 0 Å². The van der Waals surface area contributed by atoms with Crippen LogP contribution in [0.5, 0.6) is 0 Å². The number of benzene rings is 1. The number of hydrogen-bond acceptors (Lipinski definition) is 0. The van der Waals surface area contributed by atoms with E-state index in [0.717, 1.165) is 0 Å². The molecule has 0 saturated carbocycles. The molecule has 0 N–H and O–H groups in total. The predicted molar refractivity (Wildman–Crippen MR) is 122 cm³/mol. The van der Waals surface area contributed by atoms with Gasteiger partial charge in [-0.05, 0) is 92.7 Å². The Morgan fingerprint density at radius 3 is 1.88 bits per heavy atom. The van der Waals surface area contributed by atoms with E-state index >= 15 is 0 Å². The molecule has 1 aliphatic rings. The van der Waals surface area contributed by atoms with Crippen molar-refractivity contribution in [2.75, 3.05) is 0 Å². The molecular weight excluding hydrogens is 328 g/mol. The molecule has 0 radical (unpaired) electrons. The second-order valence-electron chi connectivity index (χ2n) is 9.48. The van der Waals surface area contributed by atoms with Crippen LogP contribution in [0.15, 0.2) is 22.4 Å². The molecule has 144 valence electrons.